The zero-order valence-corrected chi connectivity index (χ0v) is 9.11. The van der Waals surface area contributed by atoms with Crippen molar-refractivity contribution in [3.05, 3.63) is 29.6 Å². The first-order valence-corrected chi connectivity index (χ1v) is 4.87. The summed E-state index contributed by atoms with van der Waals surface area (Å²) < 4.78 is 85.9. The van der Waals surface area contributed by atoms with E-state index in [1.807, 2.05) is 0 Å². The summed E-state index contributed by atoms with van der Waals surface area (Å²) in [7, 11) is 0. The largest absolute Gasteiger partial charge is 0.416 e. The minimum Gasteiger partial charge on any atom is -0.382 e. The first kappa shape index (κ1) is 15.5. The van der Waals surface area contributed by atoms with E-state index in [0.717, 1.165) is 0 Å². The third-order valence-corrected chi connectivity index (χ3v) is 2.16. The molecule has 0 spiro atoms. The Morgan fingerprint density at radius 3 is 2.16 bits per heavy atom. The van der Waals surface area contributed by atoms with Gasteiger partial charge in [-0.25, -0.2) is 4.39 Å². The zero-order chi connectivity index (χ0) is 14.8. The highest BCUT2D eigenvalue weighted by Crippen LogP contribution is 2.32. The molecule has 0 saturated carbocycles. The van der Waals surface area contributed by atoms with Gasteiger partial charge in [-0.15, -0.1) is 0 Å². The van der Waals surface area contributed by atoms with Crippen LogP contribution in [0.5, 0.6) is 0 Å². The number of hydrogen-bond acceptors (Lipinski definition) is 2. The summed E-state index contributed by atoms with van der Waals surface area (Å²) in [6.07, 6.45) is -12.5. The number of benzene rings is 1. The maximum Gasteiger partial charge on any atom is 0.416 e. The number of aliphatic hydroxyl groups is 1. The van der Waals surface area contributed by atoms with Crippen LogP contribution in [-0.4, -0.2) is 23.9 Å². The van der Waals surface area contributed by atoms with Crippen molar-refractivity contribution in [2.75, 3.05) is 11.9 Å². The minimum atomic E-state index is -4.94. The molecule has 0 aliphatic rings. The van der Waals surface area contributed by atoms with E-state index in [1.54, 1.807) is 5.32 Å². The molecule has 1 aromatic rings. The lowest BCUT2D eigenvalue weighted by Gasteiger charge is -2.17. The van der Waals surface area contributed by atoms with Gasteiger partial charge in [-0.3, -0.25) is 0 Å². The highest BCUT2D eigenvalue weighted by molar-refractivity contribution is 5.48. The van der Waals surface area contributed by atoms with Crippen LogP contribution in [0.25, 0.3) is 0 Å². The second-order valence-electron chi connectivity index (χ2n) is 3.63. The topological polar surface area (TPSA) is 32.3 Å². The van der Waals surface area contributed by atoms with Crippen molar-refractivity contribution >= 4 is 5.69 Å². The lowest BCUT2D eigenvalue weighted by Crippen LogP contribution is -2.35. The zero-order valence-electron chi connectivity index (χ0n) is 9.11. The first-order valence-electron chi connectivity index (χ1n) is 4.87. The Hall–Kier alpha value is -1.51. The van der Waals surface area contributed by atoms with Crippen molar-refractivity contribution < 1.29 is 35.8 Å². The maximum atomic E-state index is 13.1. The molecule has 19 heavy (non-hydrogen) atoms. The van der Waals surface area contributed by atoms with Gasteiger partial charge >= 0.3 is 12.4 Å². The lowest BCUT2D eigenvalue weighted by molar-refractivity contribution is -0.198. The number of halogens is 7. The number of anilines is 1. The van der Waals surface area contributed by atoms with Crippen LogP contribution in [0.2, 0.25) is 0 Å². The SMILES string of the molecule is OC(CNc1cc(C(F)(F)F)ccc1F)C(F)(F)F. The number of alkyl halides is 6. The quantitative estimate of drug-likeness (QED) is 0.838. The molecule has 0 aromatic heterocycles. The molecule has 0 amide bonds. The normalized spacial score (nSPS) is 14.3. The van der Waals surface area contributed by atoms with Gasteiger partial charge in [0.05, 0.1) is 11.3 Å². The van der Waals surface area contributed by atoms with Crippen LogP contribution in [0.1, 0.15) is 5.56 Å². The molecule has 0 radical (unpaired) electrons. The molecule has 0 fully saturated rings. The summed E-state index contributed by atoms with van der Waals surface area (Å²) in [5.41, 5.74) is -1.98. The molecule has 1 aromatic carbocycles. The Kier molecular flexibility index (Phi) is 4.28. The lowest BCUT2D eigenvalue weighted by atomic mass is 10.2. The Balaban J connectivity index is 2.84. The van der Waals surface area contributed by atoms with Crippen LogP contribution in [0.4, 0.5) is 36.4 Å². The molecule has 2 nitrogen and oxygen atoms in total. The average Bonchev–Trinajstić information content (AvgIpc) is 2.24. The van der Waals surface area contributed by atoms with Gasteiger partial charge < -0.3 is 10.4 Å². The van der Waals surface area contributed by atoms with Crippen molar-refractivity contribution in [3.63, 3.8) is 0 Å². The molecule has 0 heterocycles. The Morgan fingerprint density at radius 1 is 1.11 bits per heavy atom. The molecular formula is C10H8F7NO. The number of rotatable bonds is 3. The van der Waals surface area contributed by atoms with E-state index in [2.05, 4.69) is 0 Å². The third kappa shape index (κ3) is 4.27. The summed E-state index contributed by atoms with van der Waals surface area (Å²) in [6.45, 7) is -1.15. The fourth-order valence-corrected chi connectivity index (χ4v) is 1.16. The number of aliphatic hydroxyl groups excluding tert-OH is 1. The second kappa shape index (κ2) is 5.24. The van der Waals surface area contributed by atoms with Gasteiger partial charge in [-0.1, -0.05) is 0 Å². The second-order valence-corrected chi connectivity index (χ2v) is 3.63. The first-order chi connectivity index (χ1) is 8.51. The summed E-state index contributed by atoms with van der Waals surface area (Å²) in [4.78, 5) is 0. The van der Waals surface area contributed by atoms with Crippen molar-refractivity contribution in [1.82, 2.24) is 0 Å². The van der Waals surface area contributed by atoms with Crippen molar-refractivity contribution in [2.24, 2.45) is 0 Å². The fraction of sp³-hybridized carbons (Fsp3) is 0.400. The van der Waals surface area contributed by atoms with Crippen LogP contribution in [-0.2, 0) is 6.18 Å². The van der Waals surface area contributed by atoms with Crippen LogP contribution >= 0.6 is 0 Å². The van der Waals surface area contributed by atoms with Gasteiger partial charge in [0, 0.05) is 6.54 Å². The summed E-state index contributed by atoms with van der Waals surface area (Å²) in [5, 5.41) is 10.4. The molecule has 0 saturated heterocycles. The highest BCUT2D eigenvalue weighted by Gasteiger charge is 2.38. The van der Waals surface area contributed by atoms with E-state index < -0.39 is 42.1 Å². The van der Waals surface area contributed by atoms with E-state index in [1.165, 1.54) is 0 Å². The third-order valence-electron chi connectivity index (χ3n) is 2.16. The van der Waals surface area contributed by atoms with Gasteiger partial charge in [0.15, 0.2) is 6.10 Å². The number of nitrogens with one attached hydrogen (secondary N) is 1. The molecule has 2 N–H and O–H groups in total. The fourth-order valence-electron chi connectivity index (χ4n) is 1.16. The van der Waals surface area contributed by atoms with Gasteiger partial charge in [-0.05, 0) is 18.2 Å². The molecule has 9 heteroatoms. The standard InChI is InChI=1S/C10H8F7NO/c11-6-2-1-5(9(12,13)14)3-7(6)18-4-8(19)10(15,16)17/h1-3,8,18-19H,4H2. The van der Waals surface area contributed by atoms with Crippen molar-refractivity contribution in [1.29, 1.82) is 0 Å². The minimum absolute atomic E-state index is 0.332. The summed E-state index contributed by atoms with van der Waals surface area (Å²) in [6, 6.07) is 1.27. The molecule has 0 bridgehead atoms. The number of hydrogen-bond donors (Lipinski definition) is 2. The van der Waals surface area contributed by atoms with Crippen molar-refractivity contribution in [3.8, 4) is 0 Å². The smallest absolute Gasteiger partial charge is 0.382 e. The molecule has 1 rings (SSSR count). The predicted octanol–water partition coefficient (Wildman–Crippen LogP) is 3.18. The van der Waals surface area contributed by atoms with Crippen LogP contribution in [0.3, 0.4) is 0 Å². The van der Waals surface area contributed by atoms with Crippen LogP contribution < -0.4 is 5.32 Å². The summed E-state index contributed by atoms with van der Waals surface area (Å²) in [5.74, 6) is -1.15. The maximum absolute atomic E-state index is 13.1. The molecule has 1 unspecified atom stereocenters. The average molecular weight is 291 g/mol. The summed E-state index contributed by atoms with van der Waals surface area (Å²) >= 11 is 0. The van der Waals surface area contributed by atoms with Gasteiger partial charge in [-0.2, -0.15) is 26.3 Å². The van der Waals surface area contributed by atoms with Gasteiger partial charge in [0.25, 0.3) is 0 Å². The predicted molar refractivity (Wildman–Crippen MR) is 52.0 cm³/mol. The van der Waals surface area contributed by atoms with Gasteiger partial charge in [0.1, 0.15) is 5.82 Å². The molecular weight excluding hydrogens is 283 g/mol. The van der Waals surface area contributed by atoms with Crippen molar-refractivity contribution in [2.45, 2.75) is 18.5 Å². The molecule has 1 atom stereocenters. The molecule has 108 valence electrons. The Bertz CT molecular complexity index is 440. The Labute approximate surface area is 102 Å². The van der Waals surface area contributed by atoms with E-state index in [-0.39, 0.29) is 0 Å². The monoisotopic (exact) mass is 291 g/mol. The van der Waals surface area contributed by atoms with E-state index in [0.29, 0.717) is 18.2 Å². The van der Waals surface area contributed by atoms with Crippen LogP contribution in [0.15, 0.2) is 18.2 Å². The molecule has 0 aliphatic carbocycles. The molecule has 0 aliphatic heterocycles. The van der Waals surface area contributed by atoms with E-state index in [9.17, 15) is 30.7 Å². The van der Waals surface area contributed by atoms with Gasteiger partial charge in [0.2, 0.25) is 0 Å². The van der Waals surface area contributed by atoms with E-state index in [4.69, 9.17) is 5.11 Å². The van der Waals surface area contributed by atoms with E-state index >= 15 is 0 Å². The highest BCUT2D eigenvalue weighted by atomic mass is 19.4. The van der Waals surface area contributed by atoms with Crippen LogP contribution in [0, 0.1) is 5.82 Å². The Morgan fingerprint density at radius 2 is 1.68 bits per heavy atom.